The number of hydrogen-bond acceptors (Lipinski definition) is 4. The van der Waals surface area contributed by atoms with E-state index in [2.05, 4.69) is 115 Å². The zero-order valence-corrected chi connectivity index (χ0v) is 47.4. The Balaban J connectivity index is 0.0000462. The van der Waals surface area contributed by atoms with Crippen molar-refractivity contribution < 1.29 is 35.8 Å². The van der Waals surface area contributed by atoms with Crippen LogP contribution in [0.15, 0.2) is 72.9 Å². The normalized spacial score (nSPS) is 17.4. The average Bonchev–Trinajstić information content (AvgIpc) is 3.73. The van der Waals surface area contributed by atoms with Gasteiger partial charge >= 0.3 is 0 Å². The van der Waals surface area contributed by atoms with Gasteiger partial charge in [0.2, 0.25) is 0 Å². The maximum absolute atomic E-state index is 6.79. The first-order chi connectivity index (χ1) is 33.4. The lowest BCUT2D eigenvalue weighted by molar-refractivity contribution is -0.874. The molecule has 5 nitrogen and oxygen atoms in total. The van der Waals surface area contributed by atoms with E-state index in [9.17, 15) is 0 Å². The molecule has 1 saturated heterocycles. The van der Waals surface area contributed by atoms with Crippen LogP contribution in [0.4, 0.5) is 0 Å². The SMILES string of the molecule is CCCCC/C=C\C/C=C\CCCCCCCCO[C@H]1[C@@H]([C@@H](C[N+](C)(C)C)OCCCCCCCC/C=C\C/C=C\CCCCC)OC[C@@H]1OCCCCCCCC/C=C\C/C=C\CCCCC.[Cl-]. The molecule has 4 atom stereocenters. The first-order valence-electron chi connectivity index (χ1n) is 29.6. The molecule has 0 aromatic carbocycles. The second-order valence-electron chi connectivity index (χ2n) is 21.2. The van der Waals surface area contributed by atoms with Crippen LogP contribution in [-0.4, -0.2) is 83.0 Å². The van der Waals surface area contributed by atoms with Crippen molar-refractivity contribution in [1.82, 2.24) is 0 Å². The number of allylic oxidation sites excluding steroid dienone is 12. The van der Waals surface area contributed by atoms with E-state index < -0.39 is 0 Å². The van der Waals surface area contributed by atoms with E-state index >= 15 is 0 Å². The number of unbranched alkanes of at least 4 members (excludes halogenated alkanes) is 27. The largest absolute Gasteiger partial charge is 1.00 e. The molecule has 0 radical (unpaired) electrons. The fraction of sp³-hybridized carbons (Fsp3) is 0.810. The molecule has 0 spiro atoms. The first kappa shape index (κ1) is 67.5. The molecule has 1 heterocycles. The van der Waals surface area contributed by atoms with Crippen LogP contribution < -0.4 is 12.4 Å². The van der Waals surface area contributed by atoms with Crippen molar-refractivity contribution >= 4 is 0 Å². The van der Waals surface area contributed by atoms with Gasteiger partial charge in [0.25, 0.3) is 0 Å². The molecule has 6 heteroatoms. The molecule has 0 aromatic heterocycles. The molecule has 0 unspecified atom stereocenters. The number of likely N-dealkylation sites (N-methyl/N-ethyl adjacent to an activating group) is 1. The lowest BCUT2D eigenvalue weighted by Gasteiger charge is -2.34. The van der Waals surface area contributed by atoms with Gasteiger partial charge in [0.05, 0.1) is 27.7 Å². The van der Waals surface area contributed by atoms with Crippen LogP contribution in [0.25, 0.3) is 0 Å². The van der Waals surface area contributed by atoms with Gasteiger partial charge in [-0.2, -0.15) is 0 Å². The standard InChI is InChI=1S/C63H116NO4.ClH/c1-7-10-13-16-19-22-25-28-31-34-37-40-43-46-49-52-55-65-60(58-64(4,5)6)62-63(67-57-54-51-48-45-42-39-36-33-30-27-24-21-18-15-12-9-3)61(59-68-62)66-56-53-50-47-44-41-38-35-32-29-26-23-20-17-14-11-8-2;/h19-24,28-33,60-63H,7-18,25-27,34-59H2,1-6H3;1H/q+1;/p-1/b22-19-,23-20-,24-21-,31-28-,32-29-,33-30-;/t60-,61+,62-,63-;/m1./s1. The van der Waals surface area contributed by atoms with Crippen molar-refractivity contribution in [2.75, 3.05) is 54.1 Å². The molecule has 0 bridgehead atoms. The van der Waals surface area contributed by atoms with E-state index in [0.29, 0.717) is 6.61 Å². The molecule has 1 rings (SSSR count). The molecule has 69 heavy (non-hydrogen) atoms. The quantitative estimate of drug-likeness (QED) is 0.0346. The fourth-order valence-electron chi connectivity index (χ4n) is 9.02. The predicted molar refractivity (Wildman–Crippen MR) is 300 cm³/mol. The summed E-state index contributed by atoms with van der Waals surface area (Å²) in [7, 11) is 6.81. The second-order valence-corrected chi connectivity index (χ2v) is 21.2. The van der Waals surface area contributed by atoms with Crippen molar-refractivity contribution in [1.29, 1.82) is 0 Å². The number of rotatable bonds is 51. The molecular formula is C63H116ClNO4. The van der Waals surface area contributed by atoms with E-state index in [-0.39, 0.29) is 36.8 Å². The van der Waals surface area contributed by atoms with Gasteiger partial charge in [0.15, 0.2) is 0 Å². The summed E-state index contributed by atoms with van der Waals surface area (Å²) >= 11 is 0. The third kappa shape index (κ3) is 46.1. The third-order valence-corrected chi connectivity index (χ3v) is 13.2. The Bertz CT molecular complexity index is 1220. The van der Waals surface area contributed by atoms with Crippen LogP contribution in [0.5, 0.6) is 0 Å². The summed E-state index contributed by atoms with van der Waals surface area (Å²) < 4.78 is 27.7. The van der Waals surface area contributed by atoms with Crippen molar-refractivity contribution in [3.8, 4) is 0 Å². The summed E-state index contributed by atoms with van der Waals surface area (Å²) in [6.45, 7) is 10.7. The summed E-state index contributed by atoms with van der Waals surface area (Å²) in [5.41, 5.74) is 0. The highest BCUT2D eigenvalue weighted by Gasteiger charge is 2.45. The third-order valence-electron chi connectivity index (χ3n) is 13.2. The molecule has 0 N–H and O–H groups in total. The van der Waals surface area contributed by atoms with Crippen LogP contribution in [0.2, 0.25) is 0 Å². The van der Waals surface area contributed by atoms with Crippen molar-refractivity contribution in [3.63, 3.8) is 0 Å². The highest BCUT2D eigenvalue weighted by Crippen LogP contribution is 2.27. The minimum atomic E-state index is -0.0950. The van der Waals surface area contributed by atoms with Crippen LogP contribution in [0, 0.1) is 0 Å². The van der Waals surface area contributed by atoms with Gasteiger partial charge in [0, 0.05) is 19.8 Å². The maximum Gasteiger partial charge on any atom is 0.135 e. The zero-order valence-electron chi connectivity index (χ0n) is 46.7. The number of halogens is 1. The van der Waals surface area contributed by atoms with Crippen molar-refractivity contribution in [2.45, 2.75) is 276 Å². The number of quaternary nitrogens is 1. The Kier molecular flexibility index (Phi) is 51.7. The van der Waals surface area contributed by atoms with Crippen molar-refractivity contribution in [3.05, 3.63) is 72.9 Å². The lowest BCUT2D eigenvalue weighted by Crippen LogP contribution is -3.00. The fourth-order valence-corrected chi connectivity index (χ4v) is 9.02. The van der Waals surface area contributed by atoms with E-state index in [1.54, 1.807) is 0 Å². The minimum absolute atomic E-state index is 0. The van der Waals surface area contributed by atoms with Gasteiger partial charge in [-0.3, -0.25) is 0 Å². The van der Waals surface area contributed by atoms with Crippen molar-refractivity contribution in [2.24, 2.45) is 0 Å². The van der Waals surface area contributed by atoms with E-state index in [1.807, 2.05) is 0 Å². The number of nitrogens with zero attached hydrogens (tertiary/aromatic N) is 1. The van der Waals surface area contributed by atoms with Gasteiger partial charge in [-0.25, -0.2) is 0 Å². The molecule has 0 amide bonds. The molecule has 1 aliphatic heterocycles. The summed E-state index contributed by atoms with van der Waals surface area (Å²) in [5, 5.41) is 0. The topological polar surface area (TPSA) is 36.9 Å². The summed E-state index contributed by atoms with van der Waals surface area (Å²) in [6.07, 6.45) is 73.2. The highest BCUT2D eigenvalue weighted by molar-refractivity contribution is 4.95. The van der Waals surface area contributed by atoms with Crippen LogP contribution in [0.3, 0.4) is 0 Å². The Morgan fingerprint density at radius 1 is 0.406 bits per heavy atom. The Morgan fingerprint density at radius 2 is 0.725 bits per heavy atom. The number of hydrogen-bond donors (Lipinski definition) is 0. The van der Waals surface area contributed by atoms with E-state index in [1.165, 1.54) is 193 Å². The van der Waals surface area contributed by atoms with Crippen LogP contribution in [-0.2, 0) is 18.9 Å². The van der Waals surface area contributed by atoms with Gasteiger partial charge in [-0.15, -0.1) is 0 Å². The monoisotopic (exact) mass is 986 g/mol. The maximum atomic E-state index is 6.79. The highest BCUT2D eigenvalue weighted by atomic mass is 35.5. The molecule has 0 saturated carbocycles. The van der Waals surface area contributed by atoms with Gasteiger partial charge in [0.1, 0.15) is 31.0 Å². The molecule has 1 fully saturated rings. The van der Waals surface area contributed by atoms with Gasteiger partial charge in [-0.1, -0.05) is 209 Å². The van der Waals surface area contributed by atoms with Gasteiger partial charge < -0.3 is 35.8 Å². The van der Waals surface area contributed by atoms with Crippen LogP contribution >= 0.6 is 0 Å². The first-order valence-corrected chi connectivity index (χ1v) is 29.6. The molecule has 0 aliphatic carbocycles. The Labute approximate surface area is 437 Å². The summed E-state index contributed by atoms with van der Waals surface area (Å²) in [5.74, 6) is 0. The predicted octanol–water partition coefficient (Wildman–Crippen LogP) is 15.7. The lowest BCUT2D eigenvalue weighted by atomic mass is 10.0. The molecule has 0 aromatic rings. The minimum Gasteiger partial charge on any atom is -1.00 e. The smallest absolute Gasteiger partial charge is 0.135 e. The summed E-state index contributed by atoms with van der Waals surface area (Å²) in [4.78, 5) is 0. The van der Waals surface area contributed by atoms with E-state index in [4.69, 9.17) is 18.9 Å². The molecular weight excluding hydrogens is 870 g/mol. The average molecular weight is 987 g/mol. The Morgan fingerprint density at radius 3 is 1.09 bits per heavy atom. The summed E-state index contributed by atoms with van der Waals surface area (Å²) in [6, 6.07) is 0. The zero-order chi connectivity index (χ0) is 49.1. The second kappa shape index (κ2) is 52.8. The molecule has 1 aliphatic rings. The number of ether oxygens (including phenoxy) is 4. The van der Waals surface area contributed by atoms with E-state index in [0.717, 1.165) is 69.4 Å². The van der Waals surface area contributed by atoms with Crippen LogP contribution in [0.1, 0.15) is 252 Å². The molecule has 404 valence electrons. The Hall–Kier alpha value is -1.47. The van der Waals surface area contributed by atoms with Gasteiger partial charge in [-0.05, 0) is 116 Å².